The Kier molecular flexibility index (Phi) is 3.23. The lowest BCUT2D eigenvalue weighted by molar-refractivity contribution is 1.33. The molecular weight excluding hydrogens is 102 g/mol. The standard InChI is InChI=1S/C5H5N.H4Si/c1-2-4-6-5-3-1;/h1-5H;1H4. The Morgan fingerprint density at radius 3 is 1.57 bits per heavy atom. The van der Waals surface area contributed by atoms with Gasteiger partial charge in [0.2, 0.25) is 0 Å². The molecule has 0 aliphatic carbocycles. The molecule has 0 N–H and O–H groups in total. The Balaban J connectivity index is 0.000000360. The highest BCUT2D eigenvalue weighted by Gasteiger charge is 1.58. The van der Waals surface area contributed by atoms with E-state index in [-0.39, 0.29) is 11.0 Å². The Labute approximate surface area is 47.4 Å². The lowest BCUT2D eigenvalue weighted by atomic mass is 10.5. The smallest absolute Gasteiger partial charge is 0.0267 e. The Bertz CT molecular complexity index is 80.0. The van der Waals surface area contributed by atoms with Crippen molar-refractivity contribution < 1.29 is 0 Å². The van der Waals surface area contributed by atoms with E-state index < -0.39 is 0 Å². The van der Waals surface area contributed by atoms with Crippen molar-refractivity contribution in [3.05, 3.63) is 30.6 Å². The molecule has 2 heteroatoms. The fourth-order valence-electron chi connectivity index (χ4n) is 0.313. The van der Waals surface area contributed by atoms with Gasteiger partial charge in [0.15, 0.2) is 0 Å². The van der Waals surface area contributed by atoms with Crippen LogP contribution in [-0.4, -0.2) is 15.9 Å². The molecule has 38 valence electrons. The third-order valence-corrected chi connectivity index (χ3v) is 0.566. The monoisotopic (exact) mass is 111 g/mol. The first-order chi connectivity index (χ1) is 3.00. The number of hydrogen-bond donors (Lipinski definition) is 0. The van der Waals surface area contributed by atoms with Gasteiger partial charge >= 0.3 is 0 Å². The molecule has 0 saturated carbocycles. The van der Waals surface area contributed by atoms with E-state index in [1.54, 1.807) is 12.4 Å². The summed E-state index contributed by atoms with van der Waals surface area (Å²) in [5.74, 6) is 0. The van der Waals surface area contributed by atoms with Gasteiger partial charge in [0.25, 0.3) is 0 Å². The lowest BCUT2D eigenvalue weighted by Gasteiger charge is -1.70. The van der Waals surface area contributed by atoms with Crippen LogP contribution in [0.2, 0.25) is 0 Å². The Hall–Kier alpha value is -0.633. The van der Waals surface area contributed by atoms with Crippen LogP contribution in [0.4, 0.5) is 0 Å². The van der Waals surface area contributed by atoms with Gasteiger partial charge in [-0.25, -0.2) is 0 Å². The number of aromatic nitrogens is 1. The molecule has 7 heavy (non-hydrogen) atoms. The van der Waals surface area contributed by atoms with Crippen LogP contribution in [0.15, 0.2) is 30.6 Å². The zero-order valence-corrected chi connectivity index (χ0v) is 3.33. The first kappa shape index (κ1) is 6.37. The van der Waals surface area contributed by atoms with Gasteiger partial charge in [-0.1, -0.05) is 6.07 Å². The summed E-state index contributed by atoms with van der Waals surface area (Å²) in [5.41, 5.74) is 0. The molecule has 0 atom stereocenters. The van der Waals surface area contributed by atoms with Gasteiger partial charge in [0.05, 0.1) is 0 Å². The maximum atomic E-state index is 3.78. The second-order valence-electron chi connectivity index (χ2n) is 1.02. The minimum atomic E-state index is 0. The van der Waals surface area contributed by atoms with Crippen molar-refractivity contribution >= 4 is 11.0 Å². The third kappa shape index (κ3) is 2.11. The highest BCUT2D eigenvalue weighted by atomic mass is 28.1. The van der Waals surface area contributed by atoms with Crippen LogP contribution in [0.25, 0.3) is 0 Å². The highest BCUT2D eigenvalue weighted by molar-refractivity contribution is 5.75. The van der Waals surface area contributed by atoms with E-state index in [0.29, 0.717) is 0 Å². The number of hydrogen-bond acceptors (Lipinski definition) is 1. The number of pyridine rings is 1. The van der Waals surface area contributed by atoms with Gasteiger partial charge in [-0.3, -0.25) is 4.98 Å². The molecule has 0 aliphatic rings. The molecule has 0 aliphatic heterocycles. The molecule has 0 amide bonds. The maximum absolute atomic E-state index is 3.78. The topological polar surface area (TPSA) is 12.9 Å². The molecular formula is C5H9NSi. The minimum Gasteiger partial charge on any atom is -0.265 e. The van der Waals surface area contributed by atoms with Gasteiger partial charge in [-0.2, -0.15) is 0 Å². The predicted octanol–water partition coefficient (Wildman–Crippen LogP) is -0.370. The first-order valence-corrected chi connectivity index (χ1v) is 1.85. The van der Waals surface area contributed by atoms with Crippen LogP contribution >= 0.6 is 0 Å². The molecule has 0 radical (unpaired) electrons. The summed E-state index contributed by atoms with van der Waals surface area (Å²) in [4.78, 5) is 3.78. The fourth-order valence-corrected chi connectivity index (χ4v) is 0.313. The summed E-state index contributed by atoms with van der Waals surface area (Å²) in [6, 6.07) is 5.72. The molecule has 1 aromatic rings. The van der Waals surface area contributed by atoms with Crippen molar-refractivity contribution in [1.29, 1.82) is 0 Å². The molecule has 1 rings (SSSR count). The van der Waals surface area contributed by atoms with E-state index in [4.69, 9.17) is 0 Å². The number of nitrogens with zero attached hydrogens (tertiary/aromatic N) is 1. The minimum absolute atomic E-state index is 0. The quantitative estimate of drug-likeness (QED) is 0.416. The molecule has 0 bridgehead atoms. The largest absolute Gasteiger partial charge is 0.265 e. The van der Waals surface area contributed by atoms with E-state index >= 15 is 0 Å². The summed E-state index contributed by atoms with van der Waals surface area (Å²) in [6.07, 6.45) is 3.50. The Morgan fingerprint density at radius 2 is 1.43 bits per heavy atom. The maximum Gasteiger partial charge on any atom is 0.0267 e. The van der Waals surface area contributed by atoms with Crippen molar-refractivity contribution in [2.24, 2.45) is 0 Å². The summed E-state index contributed by atoms with van der Waals surface area (Å²) >= 11 is 0. The number of rotatable bonds is 0. The van der Waals surface area contributed by atoms with Crippen LogP contribution in [-0.2, 0) is 0 Å². The van der Waals surface area contributed by atoms with E-state index in [1.807, 2.05) is 18.2 Å². The molecule has 0 saturated heterocycles. The van der Waals surface area contributed by atoms with Crippen molar-refractivity contribution in [2.45, 2.75) is 0 Å². The first-order valence-electron chi connectivity index (χ1n) is 1.85. The second kappa shape index (κ2) is 3.55. The third-order valence-electron chi connectivity index (χ3n) is 0.566. The second-order valence-corrected chi connectivity index (χ2v) is 1.02. The highest BCUT2D eigenvalue weighted by Crippen LogP contribution is 1.73. The Morgan fingerprint density at radius 1 is 0.857 bits per heavy atom. The predicted molar refractivity (Wildman–Crippen MR) is 35.6 cm³/mol. The van der Waals surface area contributed by atoms with Crippen LogP contribution < -0.4 is 0 Å². The summed E-state index contributed by atoms with van der Waals surface area (Å²) in [6.45, 7) is 0. The van der Waals surface area contributed by atoms with Gasteiger partial charge in [-0.05, 0) is 23.1 Å². The summed E-state index contributed by atoms with van der Waals surface area (Å²) in [7, 11) is 0. The van der Waals surface area contributed by atoms with E-state index in [1.165, 1.54) is 0 Å². The zero-order valence-electron chi connectivity index (χ0n) is 3.33. The van der Waals surface area contributed by atoms with Gasteiger partial charge in [0.1, 0.15) is 0 Å². The van der Waals surface area contributed by atoms with Crippen molar-refractivity contribution in [1.82, 2.24) is 4.98 Å². The molecule has 0 fully saturated rings. The average Bonchev–Trinajstić information content (AvgIpc) is 1.72. The molecule has 1 heterocycles. The molecule has 0 spiro atoms. The van der Waals surface area contributed by atoms with Gasteiger partial charge < -0.3 is 0 Å². The van der Waals surface area contributed by atoms with E-state index in [0.717, 1.165) is 0 Å². The summed E-state index contributed by atoms with van der Waals surface area (Å²) < 4.78 is 0. The van der Waals surface area contributed by atoms with E-state index in [9.17, 15) is 0 Å². The normalized spacial score (nSPS) is 6.86. The van der Waals surface area contributed by atoms with Crippen molar-refractivity contribution in [3.8, 4) is 0 Å². The van der Waals surface area contributed by atoms with Crippen LogP contribution in [0, 0.1) is 0 Å². The van der Waals surface area contributed by atoms with Crippen LogP contribution in [0.1, 0.15) is 0 Å². The SMILES string of the molecule is [SiH4].c1ccncc1. The molecule has 0 aromatic carbocycles. The average molecular weight is 111 g/mol. The zero-order chi connectivity index (χ0) is 4.24. The van der Waals surface area contributed by atoms with Crippen molar-refractivity contribution in [3.63, 3.8) is 0 Å². The lowest BCUT2D eigenvalue weighted by Crippen LogP contribution is -1.58. The van der Waals surface area contributed by atoms with Crippen LogP contribution in [0.5, 0.6) is 0 Å². The molecule has 0 unspecified atom stereocenters. The van der Waals surface area contributed by atoms with Crippen molar-refractivity contribution in [2.75, 3.05) is 0 Å². The van der Waals surface area contributed by atoms with E-state index in [2.05, 4.69) is 4.98 Å². The summed E-state index contributed by atoms with van der Waals surface area (Å²) in [5, 5.41) is 0. The molecule has 1 nitrogen and oxygen atoms in total. The molecule has 1 aromatic heterocycles. The van der Waals surface area contributed by atoms with Gasteiger partial charge in [-0.15, -0.1) is 0 Å². The van der Waals surface area contributed by atoms with Gasteiger partial charge in [0, 0.05) is 12.4 Å². The van der Waals surface area contributed by atoms with Crippen LogP contribution in [0.3, 0.4) is 0 Å². The fraction of sp³-hybridized carbons (Fsp3) is 0.